The van der Waals surface area contributed by atoms with E-state index in [2.05, 4.69) is 26.5 Å². The molecule has 0 bridgehead atoms. The Morgan fingerprint density at radius 2 is 1.71 bits per heavy atom. The van der Waals surface area contributed by atoms with Crippen LogP contribution in [0.15, 0.2) is 55.1 Å². The zero-order chi connectivity index (χ0) is 13.8. The van der Waals surface area contributed by atoms with Gasteiger partial charge in [-0.2, -0.15) is 0 Å². The summed E-state index contributed by atoms with van der Waals surface area (Å²) in [4.78, 5) is 13.3. The molecule has 6 heteroatoms. The number of imidazole rings is 1. The van der Waals surface area contributed by atoms with Gasteiger partial charge in [0.2, 0.25) is 0 Å². The fraction of sp³-hybridized carbons (Fsp3) is 0. The van der Waals surface area contributed by atoms with Gasteiger partial charge in [-0.25, -0.2) is 0 Å². The normalized spacial score (nSPS) is 10.3. The summed E-state index contributed by atoms with van der Waals surface area (Å²) < 4.78 is 2.14. The van der Waals surface area contributed by atoms with Crippen LogP contribution in [0.25, 0.3) is 38.4 Å². The van der Waals surface area contributed by atoms with E-state index in [4.69, 9.17) is 4.98 Å². The summed E-state index contributed by atoms with van der Waals surface area (Å²) in [7, 11) is 0. The number of hydrogen-bond acceptors (Lipinski definition) is 3. The molecule has 0 amide bonds. The van der Waals surface area contributed by atoms with Gasteiger partial charge < -0.3 is 11.8 Å². The molecule has 0 saturated heterocycles. The van der Waals surface area contributed by atoms with Crippen molar-refractivity contribution in [2.45, 2.75) is 0 Å². The van der Waals surface area contributed by atoms with E-state index in [0.717, 1.165) is 38.4 Å². The Morgan fingerprint density at radius 1 is 0.917 bits per heavy atom. The number of rotatable bonds is 0. The second-order valence-electron chi connectivity index (χ2n) is 4.99. The minimum atomic E-state index is 0. The second-order valence-corrected chi connectivity index (χ2v) is 4.99. The molecule has 24 heavy (non-hydrogen) atoms. The zero-order valence-corrected chi connectivity index (χ0v) is 18.1. The van der Waals surface area contributed by atoms with E-state index in [1.165, 1.54) is 0 Å². The maximum Gasteiger partial charge on any atom is 0.0821 e. The number of benzene rings is 1. The molecule has 4 heterocycles. The summed E-state index contributed by atoms with van der Waals surface area (Å²) in [6.45, 7) is 0. The average molecular weight is 565 g/mol. The molecule has 0 atom stereocenters. The van der Waals surface area contributed by atoms with Crippen molar-refractivity contribution in [1.82, 2.24) is 19.4 Å². The summed E-state index contributed by atoms with van der Waals surface area (Å²) in [6.07, 6.45) is 7.32. The van der Waals surface area contributed by atoms with Crippen molar-refractivity contribution in [3.8, 4) is 0 Å². The van der Waals surface area contributed by atoms with Crippen LogP contribution in [0.1, 0.15) is 0 Å². The fourth-order valence-corrected chi connectivity index (χ4v) is 2.97. The summed E-state index contributed by atoms with van der Waals surface area (Å²) in [6, 6.07) is 13.3. The van der Waals surface area contributed by atoms with Gasteiger partial charge in [0.25, 0.3) is 0 Å². The van der Waals surface area contributed by atoms with Crippen LogP contribution in [0, 0.1) is 13.5 Å². The van der Waals surface area contributed by atoms with Crippen molar-refractivity contribution in [3.63, 3.8) is 0 Å². The van der Waals surface area contributed by atoms with Crippen LogP contribution in [0.4, 0.5) is 0 Å². The third-order valence-corrected chi connectivity index (χ3v) is 3.87. The van der Waals surface area contributed by atoms with Crippen LogP contribution < -0.4 is 0 Å². The maximum absolute atomic E-state index is 4.76. The van der Waals surface area contributed by atoms with Crippen molar-refractivity contribution < 1.29 is 52.8 Å². The molecule has 5 aromatic rings. The first kappa shape index (κ1) is 19.1. The molecule has 5 rings (SSSR count). The van der Waals surface area contributed by atoms with Gasteiger partial charge in [0.1, 0.15) is 0 Å². The molecule has 0 N–H and O–H groups in total. The molecule has 0 spiro atoms. The first-order valence-corrected chi connectivity index (χ1v) is 6.72. The Morgan fingerprint density at radius 3 is 2.58 bits per heavy atom. The summed E-state index contributed by atoms with van der Waals surface area (Å²) >= 11 is 0. The van der Waals surface area contributed by atoms with E-state index in [-0.39, 0.29) is 60.2 Å². The molecule has 0 unspecified atom stereocenters. The number of fused-ring (bicyclic) bond motifs is 8. The summed E-state index contributed by atoms with van der Waals surface area (Å²) in [5.74, 6) is 0. The smallest absolute Gasteiger partial charge is 0.0821 e. The molecule has 0 saturated carbocycles. The van der Waals surface area contributed by atoms with Crippen molar-refractivity contribution >= 4 is 38.4 Å². The third kappa shape index (κ3) is 2.60. The van der Waals surface area contributed by atoms with Crippen molar-refractivity contribution in [3.05, 3.63) is 68.6 Å². The molecule has 118 valence electrons. The predicted octanol–water partition coefficient (Wildman–Crippen LogP) is 3.83. The minimum absolute atomic E-state index is 0. The molecule has 1 aromatic carbocycles. The van der Waals surface area contributed by atoms with Crippen LogP contribution >= 0.6 is 0 Å². The van der Waals surface area contributed by atoms with Crippen molar-refractivity contribution in [2.24, 2.45) is 0 Å². The van der Waals surface area contributed by atoms with E-state index in [0.29, 0.717) is 0 Å². The van der Waals surface area contributed by atoms with Gasteiger partial charge in [-0.15, -0.1) is 29.7 Å². The topological polar surface area (TPSA) is 43.1 Å². The Kier molecular flexibility index (Phi) is 5.82. The first-order valence-electron chi connectivity index (χ1n) is 6.72. The van der Waals surface area contributed by atoms with Gasteiger partial charge in [-0.1, -0.05) is 5.39 Å². The largest absolute Gasteiger partial charge is 0.358 e. The molecule has 0 fully saturated rings. The Hall–Kier alpha value is -1.26. The maximum atomic E-state index is 4.76. The second kappa shape index (κ2) is 7.32. The standard InChI is InChI=1S/C17H9N4.CH3.Ir.Y/c1-2-4-12-11(3-1)13-9-18-8-6-15(13)21-16-10-19-7-5-14(16)20-17(12)21;;;/h1-3,5-10H;1H3;;/q2*-1;;. The number of nitrogens with zero attached hydrogens (tertiary/aromatic N) is 4. The molecule has 4 aromatic heterocycles. The monoisotopic (exact) mass is 566 g/mol. The van der Waals surface area contributed by atoms with E-state index >= 15 is 0 Å². The van der Waals surface area contributed by atoms with Crippen LogP contribution in [-0.4, -0.2) is 19.4 Å². The molecule has 0 aliphatic heterocycles. The van der Waals surface area contributed by atoms with Gasteiger partial charge in [0, 0.05) is 76.9 Å². The van der Waals surface area contributed by atoms with Gasteiger partial charge in [-0.3, -0.25) is 15.0 Å². The molecular weight excluding hydrogens is 553 g/mol. The van der Waals surface area contributed by atoms with E-state index in [9.17, 15) is 0 Å². The Labute approximate surface area is 177 Å². The number of pyridine rings is 3. The van der Waals surface area contributed by atoms with Crippen molar-refractivity contribution in [2.75, 3.05) is 0 Å². The summed E-state index contributed by atoms with van der Waals surface area (Å²) in [5.41, 5.74) is 3.94. The van der Waals surface area contributed by atoms with E-state index in [1.807, 2.05) is 42.9 Å². The SMILES string of the molecule is [CH3-].[Ir].[Y].[c-]1cccc2c1c1nc3ccncc3n1c1ccncc21. The van der Waals surface area contributed by atoms with E-state index < -0.39 is 0 Å². The average Bonchev–Trinajstić information content (AvgIpc) is 2.95. The molecule has 4 nitrogen and oxygen atoms in total. The first-order chi connectivity index (χ1) is 10.4. The molecule has 2 radical (unpaired) electrons. The Balaban J connectivity index is 0.000000694. The van der Waals surface area contributed by atoms with Crippen LogP contribution in [0.3, 0.4) is 0 Å². The quantitative estimate of drug-likeness (QED) is 0.212. The van der Waals surface area contributed by atoms with Gasteiger partial charge in [-0.05, 0) is 17.5 Å². The fourth-order valence-electron chi connectivity index (χ4n) is 2.97. The summed E-state index contributed by atoms with van der Waals surface area (Å²) in [5, 5.41) is 3.23. The third-order valence-electron chi connectivity index (χ3n) is 3.87. The van der Waals surface area contributed by atoms with Crippen LogP contribution in [0.5, 0.6) is 0 Å². The van der Waals surface area contributed by atoms with Gasteiger partial charge >= 0.3 is 0 Å². The van der Waals surface area contributed by atoms with Crippen molar-refractivity contribution in [1.29, 1.82) is 0 Å². The minimum Gasteiger partial charge on any atom is -0.358 e. The predicted molar refractivity (Wildman–Crippen MR) is 88.6 cm³/mol. The molecule has 0 aliphatic rings. The molecular formula is C18H12IrN4Y-2. The Bertz CT molecular complexity index is 1150. The van der Waals surface area contributed by atoms with E-state index in [1.54, 1.807) is 6.20 Å². The van der Waals surface area contributed by atoms with Crippen LogP contribution in [0.2, 0.25) is 0 Å². The molecule has 0 aliphatic carbocycles. The van der Waals surface area contributed by atoms with Gasteiger partial charge in [0.15, 0.2) is 0 Å². The van der Waals surface area contributed by atoms with Crippen LogP contribution in [-0.2, 0) is 52.8 Å². The zero-order valence-electron chi connectivity index (χ0n) is 12.9. The van der Waals surface area contributed by atoms with Gasteiger partial charge in [0.05, 0.1) is 22.9 Å². The number of aromatic nitrogens is 4. The number of hydrogen-bond donors (Lipinski definition) is 0.